The van der Waals surface area contributed by atoms with E-state index in [2.05, 4.69) is 33.2 Å². The number of nitrogens with zero attached hydrogens (tertiary/aromatic N) is 1. The lowest BCUT2D eigenvalue weighted by Gasteiger charge is -2.33. The van der Waals surface area contributed by atoms with Gasteiger partial charge < -0.3 is 10.1 Å². The van der Waals surface area contributed by atoms with Gasteiger partial charge in [-0.15, -0.1) is 11.3 Å². The molecule has 1 aromatic heterocycles. The largest absolute Gasteiger partial charge is 0.471 e. The van der Waals surface area contributed by atoms with Gasteiger partial charge in [-0.3, -0.25) is 0 Å². The fourth-order valence-electron chi connectivity index (χ4n) is 1.60. The third-order valence-electron chi connectivity index (χ3n) is 2.47. The first-order chi connectivity index (χ1) is 6.68. The number of rotatable bonds is 2. The SMILES string of the molecule is CC1(Oc2csc(Br)n2)CCNCC1. The molecule has 3 nitrogen and oxygen atoms in total. The average Bonchev–Trinajstić information content (AvgIpc) is 2.51. The van der Waals surface area contributed by atoms with Crippen molar-refractivity contribution in [1.82, 2.24) is 10.3 Å². The smallest absolute Gasteiger partial charge is 0.226 e. The van der Waals surface area contributed by atoms with Crippen LogP contribution in [0.15, 0.2) is 9.30 Å². The molecule has 0 unspecified atom stereocenters. The molecular weight excluding hydrogens is 264 g/mol. The number of thiazole rings is 1. The molecule has 1 fully saturated rings. The van der Waals surface area contributed by atoms with E-state index in [0.717, 1.165) is 35.7 Å². The van der Waals surface area contributed by atoms with Gasteiger partial charge in [0.1, 0.15) is 5.60 Å². The zero-order valence-corrected chi connectivity index (χ0v) is 10.4. The van der Waals surface area contributed by atoms with E-state index < -0.39 is 0 Å². The molecule has 0 aromatic carbocycles. The number of halogens is 1. The molecule has 0 radical (unpaired) electrons. The Kier molecular flexibility index (Phi) is 3.09. The van der Waals surface area contributed by atoms with E-state index in [-0.39, 0.29) is 5.60 Å². The zero-order valence-electron chi connectivity index (χ0n) is 8.05. The van der Waals surface area contributed by atoms with Crippen LogP contribution in [0.3, 0.4) is 0 Å². The van der Waals surface area contributed by atoms with Crippen LogP contribution in [0.25, 0.3) is 0 Å². The van der Waals surface area contributed by atoms with E-state index >= 15 is 0 Å². The highest BCUT2D eigenvalue weighted by atomic mass is 79.9. The predicted molar refractivity (Wildman–Crippen MR) is 61.0 cm³/mol. The molecule has 0 saturated carbocycles. The van der Waals surface area contributed by atoms with Crippen molar-refractivity contribution in [3.05, 3.63) is 9.30 Å². The molecule has 78 valence electrons. The average molecular weight is 277 g/mol. The minimum atomic E-state index is -0.0429. The molecule has 14 heavy (non-hydrogen) atoms. The van der Waals surface area contributed by atoms with Gasteiger partial charge in [0.25, 0.3) is 0 Å². The molecule has 2 rings (SSSR count). The molecule has 0 amide bonds. The molecule has 0 aliphatic carbocycles. The van der Waals surface area contributed by atoms with Gasteiger partial charge in [0, 0.05) is 0 Å². The highest BCUT2D eigenvalue weighted by Crippen LogP contribution is 2.28. The lowest BCUT2D eigenvalue weighted by atomic mass is 9.95. The van der Waals surface area contributed by atoms with Crippen LogP contribution < -0.4 is 10.1 Å². The normalized spacial score (nSPS) is 20.7. The number of hydrogen-bond donors (Lipinski definition) is 1. The summed E-state index contributed by atoms with van der Waals surface area (Å²) >= 11 is 4.89. The first-order valence-corrected chi connectivity index (χ1v) is 6.36. The third-order valence-corrected chi connectivity index (χ3v) is 3.81. The maximum Gasteiger partial charge on any atom is 0.226 e. The lowest BCUT2D eigenvalue weighted by Crippen LogP contribution is -2.43. The second-order valence-electron chi connectivity index (χ2n) is 3.74. The van der Waals surface area contributed by atoms with Crippen LogP contribution in [-0.2, 0) is 0 Å². The minimum absolute atomic E-state index is 0.0429. The summed E-state index contributed by atoms with van der Waals surface area (Å²) in [4.78, 5) is 4.24. The minimum Gasteiger partial charge on any atom is -0.471 e. The third kappa shape index (κ3) is 2.46. The van der Waals surface area contributed by atoms with E-state index in [1.54, 1.807) is 11.3 Å². The Morgan fingerprint density at radius 3 is 2.86 bits per heavy atom. The summed E-state index contributed by atoms with van der Waals surface area (Å²) in [5, 5.41) is 5.27. The number of aromatic nitrogens is 1. The van der Waals surface area contributed by atoms with E-state index in [4.69, 9.17) is 4.74 Å². The number of piperidine rings is 1. The monoisotopic (exact) mass is 276 g/mol. The van der Waals surface area contributed by atoms with Gasteiger partial charge in [-0.2, -0.15) is 4.98 Å². The van der Waals surface area contributed by atoms with Crippen LogP contribution in [0.2, 0.25) is 0 Å². The van der Waals surface area contributed by atoms with Crippen molar-refractivity contribution in [2.24, 2.45) is 0 Å². The lowest BCUT2D eigenvalue weighted by molar-refractivity contribution is 0.0514. The Bertz CT molecular complexity index is 310. The quantitative estimate of drug-likeness (QED) is 0.901. The summed E-state index contributed by atoms with van der Waals surface area (Å²) in [5.41, 5.74) is -0.0429. The van der Waals surface area contributed by atoms with Crippen molar-refractivity contribution in [3.63, 3.8) is 0 Å². The molecule has 1 aromatic rings. The summed E-state index contributed by atoms with van der Waals surface area (Å²) in [6.07, 6.45) is 2.09. The van der Waals surface area contributed by atoms with Crippen molar-refractivity contribution in [1.29, 1.82) is 0 Å². The maximum atomic E-state index is 5.89. The first-order valence-electron chi connectivity index (χ1n) is 4.69. The number of hydrogen-bond acceptors (Lipinski definition) is 4. The van der Waals surface area contributed by atoms with Gasteiger partial charge >= 0.3 is 0 Å². The van der Waals surface area contributed by atoms with Crippen LogP contribution in [0.1, 0.15) is 19.8 Å². The first kappa shape index (κ1) is 10.4. The van der Waals surface area contributed by atoms with Gasteiger partial charge in [0.05, 0.1) is 5.38 Å². The van der Waals surface area contributed by atoms with Crippen molar-refractivity contribution in [3.8, 4) is 5.88 Å². The van der Waals surface area contributed by atoms with Crippen molar-refractivity contribution < 1.29 is 4.74 Å². The topological polar surface area (TPSA) is 34.1 Å². The summed E-state index contributed by atoms with van der Waals surface area (Å²) < 4.78 is 6.77. The van der Waals surface area contributed by atoms with Crippen LogP contribution >= 0.6 is 27.3 Å². The summed E-state index contributed by atoms with van der Waals surface area (Å²) in [6.45, 7) is 4.21. The fourth-order valence-corrected chi connectivity index (χ4v) is 2.49. The van der Waals surface area contributed by atoms with E-state index in [0.29, 0.717) is 0 Å². The number of nitrogens with one attached hydrogen (secondary N) is 1. The van der Waals surface area contributed by atoms with Crippen LogP contribution in [0.5, 0.6) is 5.88 Å². The molecule has 1 N–H and O–H groups in total. The van der Waals surface area contributed by atoms with Gasteiger partial charge in [-0.05, 0) is 48.8 Å². The molecule has 0 spiro atoms. The van der Waals surface area contributed by atoms with E-state index in [1.807, 2.05) is 5.38 Å². The Hall–Kier alpha value is -0.130. The molecule has 1 aliphatic heterocycles. The summed E-state index contributed by atoms with van der Waals surface area (Å²) in [5.74, 6) is 0.742. The molecule has 0 bridgehead atoms. The molecule has 2 heterocycles. The Morgan fingerprint density at radius 2 is 2.29 bits per heavy atom. The second kappa shape index (κ2) is 4.16. The van der Waals surface area contributed by atoms with Crippen LogP contribution in [0, 0.1) is 0 Å². The van der Waals surface area contributed by atoms with E-state index in [1.165, 1.54) is 0 Å². The van der Waals surface area contributed by atoms with Crippen molar-refractivity contribution in [2.45, 2.75) is 25.4 Å². The van der Waals surface area contributed by atoms with Crippen LogP contribution in [-0.4, -0.2) is 23.7 Å². The fraction of sp³-hybridized carbons (Fsp3) is 0.667. The van der Waals surface area contributed by atoms with E-state index in [9.17, 15) is 0 Å². The number of ether oxygens (including phenoxy) is 1. The van der Waals surface area contributed by atoms with Crippen molar-refractivity contribution >= 4 is 27.3 Å². The predicted octanol–water partition coefficient (Wildman–Crippen LogP) is 2.43. The zero-order chi connectivity index (χ0) is 10.0. The Labute approximate surface area is 96.0 Å². The maximum absolute atomic E-state index is 5.89. The van der Waals surface area contributed by atoms with Gasteiger partial charge in [-0.1, -0.05) is 0 Å². The summed E-state index contributed by atoms with van der Waals surface area (Å²) in [6, 6.07) is 0. The van der Waals surface area contributed by atoms with Crippen molar-refractivity contribution in [2.75, 3.05) is 13.1 Å². The Balaban J connectivity index is 2.01. The highest BCUT2D eigenvalue weighted by molar-refractivity contribution is 9.11. The second-order valence-corrected chi connectivity index (χ2v) is 5.87. The molecule has 1 aliphatic rings. The summed E-state index contributed by atoms with van der Waals surface area (Å²) in [7, 11) is 0. The molecule has 0 atom stereocenters. The molecule has 5 heteroatoms. The van der Waals surface area contributed by atoms with Gasteiger partial charge in [0.15, 0.2) is 3.92 Å². The Morgan fingerprint density at radius 1 is 1.57 bits per heavy atom. The van der Waals surface area contributed by atoms with Gasteiger partial charge in [-0.25, -0.2) is 0 Å². The highest BCUT2D eigenvalue weighted by Gasteiger charge is 2.29. The standard InChI is InChI=1S/C9H13BrN2OS/c1-9(2-4-11-5-3-9)13-7-6-14-8(10)12-7/h6,11H,2-5H2,1H3. The van der Waals surface area contributed by atoms with Gasteiger partial charge in [0.2, 0.25) is 5.88 Å². The molecular formula is C9H13BrN2OS. The molecule has 1 saturated heterocycles. The van der Waals surface area contributed by atoms with Crippen LogP contribution in [0.4, 0.5) is 0 Å².